The van der Waals surface area contributed by atoms with Gasteiger partial charge >= 0.3 is 0 Å². The summed E-state index contributed by atoms with van der Waals surface area (Å²) in [4.78, 5) is 10.2. The van der Waals surface area contributed by atoms with Crippen molar-refractivity contribution in [2.45, 2.75) is 0 Å². The number of hydrogen-bond acceptors (Lipinski definition) is 2. The Morgan fingerprint density at radius 3 is 1.65 bits per heavy atom. The first-order valence-electron chi connectivity index (χ1n) is 16.7. The molecule has 3 nitrogen and oxygen atoms in total. The van der Waals surface area contributed by atoms with Crippen molar-refractivity contribution in [1.29, 1.82) is 0 Å². The molecule has 0 fully saturated rings. The standard InChI is InChI=1S/C46H27N3/c1-2-9-31(10-3-1)46-48-40-17-4-5-18-41(40)49(46)34-23-24-39(47-27-34)33-25-32-22-21-30-12-7-15-36-35-14-6-11-28-19-20-29-13-8-16-37(44(29)42(28)35)38(26-33)45(32)43(30)36/h1-27H. The Morgan fingerprint density at radius 1 is 0.408 bits per heavy atom. The Balaban J connectivity index is 1.20. The van der Waals surface area contributed by atoms with Crippen molar-refractivity contribution in [2.24, 2.45) is 0 Å². The average molecular weight is 622 g/mol. The molecule has 49 heavy (non-hydrogen) atoms. The minimum Gasteiger partial charge on any atom is -0.291 e. The number of nitrogens with zero attached hydrogens (tertiary/aromatic N) is 3. The van der Waals surface area contributed by atoms with Crippen LogP contribution in [0.25, 0.3) is 104 Å². The van der Waals surface area contributed by atoms with Gasteiger partial charge in [0.1, 0.15) is 5.82 Å². The molecule has 0 saturated carbocycles. The lowest BCUT2D eigenvalue weighted by Gasteiger charge is -2.17. The zero-order valence-electron chi connectivity index (χ0n) is 26.4. The molecule has 11 aromatic rings. The van der Waals surface area contributed by atoms with Crippen molar-refractivity contribution >= 4 is 75.7 Å². The number of para-hydroxylation sites is 2. The van der Waals surface area contributed by atoms with Crippen LogP contribution < -0.4 is 0 Å². The Kier molecular flexibility index (Phi) is 5.38. The van der Waals surface area contributed by atoms with E-state index >= 15 is 0 Å². The topological polar surface area (TPSA) is 30.7 Å². The summed E-state index contributed by atoms with van der Waals surface area (Å²) in [6.07, 6.45) is 1.99. The fraction of sp³-hybridized carbons (Fsp3) is 0. The summed E-state index contributed by atoms with van der Waals surface area (Å²) in [6.45, 7) is 0. The monoisotopic (exact) mass is 621 g/mol. The van der Waals surface area contributed by atoms with E-state index in [4.69, 9.17) is 9.97 Å². The van der Waals surface area contributed by atoms with Gasteiger partial charge in [-0.3, -0.25) is 9.55 Å². The van der Waals surface area contributed by atoms with Crippen LogP contribution in [0.1, 0.15) is 0 Å². The third-order valence-corrected chi connectivity index (χ3v) is 10.3. The maximum absolute atomic E-state index is 5.12. The van der Waals surface area contributed by atoms with E-state index in [1.807, 2.05) is 18.3 Å². The van der Waals surface area contributed by atoms with Crippen molar-refractivity contribution in [2.75, 3.05) is 0 Å². The molecule has 0 aliphatic rings. The molecule has 0 N–H and O–H groups in total. The Morgan fingerprint density at radius 2 is 1.00 bits per heavy atom. The lowest BCUT2D eigenvalue weighted by molar-refractivity contribution is 1.08. The van der Waals surface area contributed by atoms with E-state index in [-0.39, 0.29) is 0 Å². The van der Waals surface area contributed by atoms with Crippen molar-refractivity contribution in [3.8, 4) is 28.3 Å². The fourth-order valence-electron chi connectivity index (χ4n) is 8.19. The molecule has 0 bridgehead atoms. The zero-order chi connectivity index (χ0) is 32.1. The number of imidazole rings is 1. The molecule has 226 valence electrons. The van der Waals surface area contributed by atoms with Gasteiger partial charge in [-0.2, -0.15) is 0 Å². The first-order chi connectivity index (χ1) is 24.3. The van der Waals surface area contributed by atoms with Gasteiger partial charge in [0.15, 0.2) is 0 Å². The molecule has 0 aliphatic carbocycles. The quantitative estimate of drug-likeness (QED) is 0.184. The van der Waals surface area contributed by atoms with Crippen LogP contribution in [0.15, 0.2) is 164 Å². The molecule has 0 amide bonds. The highest BCUT2D eigenvalue weighted by molar-refractivity contribution is 6.37. The Hall–Kier alpha value is -6.58. The molecule has 0 unspecified atom stereocenters. The first-order valence-corrected chi connectivity index (χ1v) is 16.7. The van der Waals surface area contributed by atoms with Crippen LogP contribution in [0.4, 0.5) is 0 Å². The molecule has 9 aromatic carbocycles. The zero-order valence-corrected chi connectivity index (χ0v) is 26.4. The largest absolute Gasteiger partial charge is 0.291 e. The van der Waals surface area contributed by atoms with E-state index in [9.17, 15) is 0 Å². The number of hydrogen-bond donors (Lipinski definition) is 0. The summed E-state index contributed by atoms with van der Waals surface area (Å²) >= 11 is 0. The predicted molar refractivity (Wildman–Crippen MR) is 206 cm³/mol. The molecule has 3 heteroatoms. The van der Waals surface area contributed by atoms with Gasteiger partial charge in [-0.1, -0.05) is 121 Å². The van der Waals surface area contributed by atoms with Crippen LogP contribution in [0, 0.1) is 0 Å². The fourth-order valence-corrected chi connectivity index (χ4v) is 8.19. The van der Waals surface area contributed by atoms with E-state index in [0.29, 0.717) is 0 Å². The van der Waals surface area contributed by atoms with E-state index in [1.54, 1.807) is 0 Å². The summed E-state index contributed by atoms with van der Waals surface area (Å²) in [6, 6.07) is 57.0. The van der Waals surface area contributed by atoms with Gasteiger partial charge in [-0.05, 0) is 101 Å². The molecule has 0 spiro atoms. The molecular formula is C46H27N3. The highest BCUT2D eigenvalue weighted by atomic mass is 15.1. The predicted octanol–water partition coefficient (Wildman–Crippen LogP) is 12.1. The normalized spacial score (nSPS) is 12.1. The minimum atomic E-state index is 0.907. The number of pyridine rings is 1. The molecule has 2 heterocycles. The van der Waals surface area contributed by atoms with Crippen LogP contribution in [0.3, 0.4) is 0 Å². The highest BCUT2D eigenvalue weighted by Gasteiger charge is 2.18. The molecule has 0 atom stereocenters. The van der Waals surface area contributed by atoms with E-state index < -0.39 is 0 Å². The summed E-state index contributed by atoms with van der Waals surface area (Å²) in [5.74, 6) is 0.907. The van der Waals surface area contributed by atoms with Gasteiger partial charge in [0.2, 0.25) is 0 Å². The summed E-state index contributed by atoms with van der Waals surface area (Å²) < 4.78 is 2.21. The van der Waals surface area contributed by atoms with E-state index in [1.165, 1.54) is 64.6 Å². The van der Waals surface area contributed by atoms with Crippen LogP contribution in [-0.4, -0.2) is 14.5 Å². The summed E-state index contributed by atoms with van der Waals surface area (Å²) in [7, 11) is 0. The minimum absolute atomic E-state index is 0.907. The van der Waals surface area contributed by atoms with E-state index in [0.717, 1.165) is 39.4 Å². The maximum Gasteiger partial charge on any atom is 0.145 e. The second kappa shape index (κ2) is 9.96. The van der Waals surface area contributed by atoms with Gasteiger partial charge in [-0.15, -0.1) is 0 Å². The van der Waals surface area contributed by atoms with Gasteiger partial charge < -0.3 is 0 Å². The van der Waals surface area contributed by atoms with Gasteiger partial charge in [-0.25, -0.2) is 4.98 Å². The Labute approximate surface area is 281 Å². The van der Waals surface area contributed by atoms with Crippen molar-refractivity contribution in [3.05, 3.63) is 164 Å². The maximum atomic E-state index is 5.12. The SMILES string of the molecule is c1ccc(-c2nc3ccccc3n2-c2ccc(-c3cc4ccc5cccc6c7cccc8ccc9cccc(c(c3)c4c56)c9c87)nc2)cc1. The lowest BCUT2D eigenvalue weighted by atomic mass is 9.87. The van der Waals surface area contributed by atoms with Crippen LogP contribution in [0.5, 0.6) is 0 Å². The second-order valence-electron chi connectivity index (χ2n) is 13.0. The highest BCUT2D eigenvalue weighted by Crippen LogP contribution is 2.44. The first kappa shape index (κ1) is 26.5. The molecule has 2 aromatic heterocycles. The lowest BCUT2D eigenvalue weighted by Crippen LogP contribution is -1.98. The van der Waals surface area contributed by atoms with Crippen molar-refractivity contribution in [1.82, 2.24) is 14.5 Å². The second-order valence-corrected chi connectivity index (χ2v) is 13.0. The van der Waals surface area contributed by atoms with Crippen molar-refractivity contribution < 1.29 is 0 Å². The molecular weight excluding hydrogens is 595 g/mol. The molecule has 0 saturated heterocycles. The molecule has 11 rings (SSSR count). The third-order valence-electron chi connectivity index (χ3n) is 10.3. The summed E-state index contributed by atoms with van der Waals surface area (Å²) in [5.41, 5.74) is 6.11. The van der Waals surface area contributed by atoms with E-state index in [2.05, 4.69) is 150 Å². The molecule has 0 aliphatic heterocycles. The average Bonchev–Trinajstić information content (AvgIpc) is 3.56. The van der Waals surface area contributed by atoms with Crippen LogP contribution in [0.2, 0.25) is 0 Å². The van der Waals surface area contributed by atoms with Crippen LogP contribution in [-0.2, 0) is 0 Å². The molecule has 0 radical (unpaired) electrons. The smallest absolute Gasteiger partial charge is 0.145 e. The summed E-state index contributed by atoms with van der Waals surface area (Å²) in [5, 5.41) is 15.3. The van der Waals surface area contributed by atoms with Gasteiger partial charge in [0.25, 0.3) is 0 Å². The number of rotatable bonds is 3. The third kappa shape index (κ3) is 3.78. The van der Waals surface area contributed by atoms with Gasteiger partial charge in [0.05, 0.1) is 28.6 Å². The van der Waals surface area contributed by atoms with Gasteiger partial charge in [0, 0.05) is 11.1 Å². The number of fused-ring (bicyclic) bond motifs is 3. The van der Waals surface area contributed by atoms with Crippen molar-refractivity contribution in [3.63, 3.8) is 0 Å². The number of benzene rings is 8. The van der Waals surface area contributed by atoms with Crippen LogP contribution >= 0.6 is 0 Å². The number of aromatic nitrogens is 3. The Bertz CT molecular complexity index is 3080.